The average Bonchev–Trinajstić information content (AvgIpc) is 3.17. The van der Waals surface area contributed by atoms with E-state index in [1.54, 1.807) is 18.7 Å². The predicted octanol–water partition coefficient (Wildman–Crippen LogP) is 3.73. The van der Waals surface area contributed by atoms with Gasteiger partial charge in [-0.05, 0) is 37.6 Å². The van der Waals surface area contributed by atoms with E-state index in [1.165, 1.54) is 0 Å². The van der Waals surface area contributed by atoms with Crippen molar-refractivity contribution in [2.24, 2.45) is 0 Å². The van der Waals surface area contributed by atoms with Gasteiger partial charge in [0.1, 0.15) is 11.6 Å². The molecule has 3 heterocycles. The number of rotatable bonds is 5. The summed E-state index contributed by atoms with van der Waals surface area (Å²) in [6.45, 7) is 2.20. The van der Waals surface area contributed by atoms with Gasteiger partial charge in [0.2, 0.25) is 0 Å². The molecule has 1 atom stereocenters. The fourth-order valence-electron chi connectivity index (χ4n) is 2.34. The lowest BCUT2D eigenvalue weighted by Crippen LogP contribution is -2.07. The molecular formula is C16H17N3O. The molecule has 102 valence electrons. The molecule has 0 N–H and O–H groups in total. The van der Waals surface area contributed by atoms with Crippen molar-refractivity contribution in [2.75, 3.05) is 0 Å². The van der Waals surface area contributed by atoms with Crippen molar-refractivity contribution in [1.82, 2.24) is 14.5 Å². The summed E-state index contributed by atoms with van der Waals surface area (Å²) in [5.74, 6) is 2.02. The third kappa shape index (κ3) is 2.64. The standard InChI is InChI=1S/C16H17N3O/c1-13(4-5-15-3-2-12-20-15)19-11-10-18-16(19)14-6-8-17-9-7-14/h2-3,6-13H,4-5H2,1H3/t13-/m1/s1. The van der Waals surface area contributed by atoms with Gasteiger partial charge in [-0.2, -0.15) is 0 Å². The number of hydrogen-bond donors (Lipinski definition) is 0. The van der Waals surface area contributed by atoms with Crippen LogP contribution in [0.15, 0.2) is 59.7 Å². The quantitative estimate of drug-likeness (QED) is 0.707. The zero-order chi connectivity index (χ0) is 13.8. The lowest BCUT2D eigenvalue weighted by molar-refractivity contribution is 0.454. The Kier molecular flexibility index (Phi) is 3.63. The van der Waals surface area contributed by atoms with E-state index in [0.717, 1.165) is 30.0 Å². The molecule has 0 aliphatic rings. The molecule has 4 heteroatoms. The number of aromatic nitrogens is 3. The number of imidazole rings is 1. The number of nitrogens with zero attached hydrogens (tertiary/aromatic N) is 3. The normalized spacial score (nSPS) is 12.4. The topological polar surface area (TPSA) is 43.9 Å². The molecule has 0 unspecified atom stereocenters. The zero-order valence-electron chi connectivity index (χ0n) is 11.4. The van der Waals surface area contributed by atoms with Crippen molar-refractivity contribution in [1.29, 1.82) is 0 Å². The molecule has 0 aliphatic heterocycles. The molecular weight excluding hydrogens is 250 g/mol. The summed E-state index contributed by atoms with van der Waals surface area (Å²) in [6.07, 6.45) is 11.1. The van der Waals surface area contributed by atoms with Gasteiger partial charge in [0.15, 0.2) is 0 Å². The van der Waals surface area contributed by atoms with Gasteiger partial charge in [0.05, 0.1) is 6.26 Å². The monoisotopic (exact) mass is 267 g/mol. The molecule has 0 aromatic carbocycles. The minimum Gasteiger partial charge on any atom is -0.469 e. The summed E-state index contributed by atoms with van der Waals surface area (Å²) in [6, 6.07) is 8.28. The van der Waals surface area contributed by atoms with Crippen LogP contribution in [0.25, 0.3) is 11.4 Å². The van der Waals surface area contributed by atoms with E-state index >= 15 is 0 Å². The third-order valence-corrected chi connectivity index (χ3v) is 3.47. The van der Waals surface area contributed by atoms with E-state index < -0.39 is 0 Å². The van der Waals surface area contributed by atoms with Crippen LogP contribution in [0.5, 0.6) is 0 Å². The van der Waals surface area contributed by atoms with E-state index in [2.05, 4.69) is 21.5 Å². The third-order valence-electron chi connectivity index (χ3n) is 3.47. The number of hydrogen-bond acceptors (Lipinski definition) is 3. The van der Waals surface area contributed by atoms with Crippen LogP contribution in [-0.2, 0) is 6.42 Å². The fourth-order valence-corrected chi connectivity index (χ4v) is 2.34. The minimum absolute atomic E-state index is 0.366. The minimum atomic E-state index is 0.366. The van der Waals surface area contributed by atoms with Crippen LogP contribution in [-0.4, -0.2) is 14.5 Å². The van der Waals surface area contributed by atoms with E-state index in [0.29, 0.717) is 6.04 Å². The second-order valence-electron chi connectivity index (χ2n) is 4.86. The van der Waals surface area contributed by atoms with Crippen molar-refractivity contribution in [3.63, 3.8) is 0 Å². The summed E-state index contributed by atoms with van der Waals surface area (Å²) in [7, 11) is 0. The molecule has 4 nitrogen and oxygen atoms in total. The van der Waals surface area contributed by atoms with Crippen molar-refractivity contribution in [3.8, 4) is 11.4 Å². The second-order valence-corrected chi connectivity index (χ2v) is 4.86. The summed E-state index contributed by atoms with van der Waals surface area (Å²) in [5, 5.41) is 0. The maximum Gasteiger partial charge on any atom is 0.140 e. The maximum atomic E-state index is 5.38. The Morgan fingerprint density at radius 3 is 2.80 bits per heavy atom. The molecule has 3 aromatic heterocycles. The summed E-state index contributed by atoms with van der Waals surface area (Å²) < 4.78 is 7.59. The van der Waals surface area contributed by atoms with Crippen molar-refractivity contribution >= 4 is 0 Å². The highest BCUT2D eigenvalue weighted by Gasteiger charge is 2.12. The first kappa shape index (κ1) is 12.7. The second kappa shape index (κ2) is 5.74. The van der Waals surface area contributed by atoms with Gasteiger partial charge >= 0.3 is 0 Å². The van der Waals surface area contributed by atoms with Crippen LogP contribution in [0.1, 0.15) is 25.1 Å². The van der Waals surface area contributed by atoms with Crippen molar-refractivity contribution < 1.29 is 4.42 Å². The van der Waals surface area contributed by atoms with Gasteiger partial charge in [-0.3, -0.25) is 4.98 Å². The lowest BCUT2D eigenvalue weighted by Gasteiger charge is -2.15. The number of pyridine rings is 1. The molecule has 0 spiro atoms. The van der Waals surface area contributed by atoms with E-state index in [4.69, 9.17) is 4.42 Å². The first-order valence-electron chi connectivity index (χ1n) is 6.80. The van der Waals surface area contributed by atoms with Crippen LogP contribution >= 0.6 is 0 Å². The molecule has 0 radical (unpaired) electrons. The van der Waals surface area contributed by atoms with Gasteiger partial charge in [-0.1, -0.05) is 0 Å². The molecule has 0 aliphatic carbocycles. The molecule has 0 fully saturated rings. The Morgan fingerprint density at radius 2 is 2.05 bits per heavy atom. The average molecular weight is 267 g/mol. The Labute approximate surface area is 118 Å². The lowest BCUT2D eigenvalue weighted by atomic mass is 10.1. The molecule has 3 aromatic rings. The highest BCUT2D eigenvalue weighted by atomic mass is 16.3. The highest BCUT2D eigenvalue weighted by molar-refractivity contribution is 5.54. The zero-order valence-corrected chi connectivity index (χ0v) is 11.4. The first-order chi connectivity index (χ1) is 9.84. The molecule has 0 bridgehead atoms. The molecule has 3 rings (SSSR count). The number of aryl methyl sites for hydroxylation is 1. The largest absolute Gasteiger partial charge is 0.469 e. The Bertz CT molecular complexity index is 643. The summed E-state index contributed by atoms with van der Waals surface area (Å²) in [4.78, 5) is 8.51. The summed E-state index contributed by atoms with van der Waals surface area (Å²) >= 11 is 0. The van der Waals surface area contributed by atoms with Crippen LogP contribution in [0, 0.1) is 0 Å². The molecule has 0 saturated carbocycles. The van der Waals surface area contributed by atoms with Gasteiger partial charge in [-0.15, -0.1) is 0 Å². The smallest absolute Gasteiger partial charge is 0.140 e. The molecule has 0 saturated heterocycles. The van der Waals surface area contributed by atoms with E-state index in [9.17, 15) is 0 Å². The predicted molar refractivity (Wildman–Crippen MR) is 77.2 cm³/mol. The maximum absolute atomic E-state index is 5.38. The Hall–Kier alpha value is -2.36. The van der Waals surface area contributed by atoms with Gasteiger partial charge in [0.25, 0.3) is 0 Å². The van der Waals surface area contributed by atoms with Crippen LogP contribution < -0.4 is 0 Å². The van der Waals surface area contributed by atoms with Crippen LogP contribution in [0.2, 0.25) is 0 Å². The van der Waals surface area contributed by atoms with Crippen molar-refractivity contribution in [2.45, 2.75) is 25.8 Å². The fraction of sp³-hybridized carbons (Fsp3) is 0.250. The van der Waals surface area contributed by atoms with Crippen LogP contribution in [0.3, 0.4) is 0 Å². The van der Waals surface area contributed by atoms with Gasteiger partial charge < -0.3 is 8.98 Å². The van der Waals surface area contributed by atoms with E-state index in [-0.39, 0.29) is 0 Å². The molecule has 20 heavy (non-hydrogen) atoms. The SMILES string of the molecule is C[C@H](CCc1ccco1)n1ccnc1-c1ccncc1. The van der Waals surface area contributed by atoms with Gasteiger partial charge in [-0.25, -0.2) is 4.98 Å². The number of furan rings is 1. The highest BCUT2D eigenvalue weighted by Crippen LogP contribution is 2.23. The van der Waals surface area contributed by atoms with Crippen molar-refractivity contribution in [3.05, 3.63) is 61.1 Å². The Balaban J connectivity index is 1.75. The Morgan fingerprint density at radius 1 is 1.20 bits per heavy atom. The molecule has 0 amide bonds. The summed E-state index contributed by atoms with van der Waals surface area (Å²) in [5.41, 5.74) is 1.09. The van der Waals surface area contributed by atoms with E-state index in [1.807, 2.05) is 36.7 Å². The van der Waals surface area contributed by atoms with Crippen LogP contribution in [0.4, 0.5) is 0 Å². The first-order valence-corrected chi connectivity index (χ1v) is 6.80. The van der Waals surface area contributed by atoms with Gasteiger partial charge in [0, 0.05) is 42.8 Å².